The van der Waals surface area contributed by atoms with Crippen LogP contribution in [0, 0.1) is 5.41 Å². The van der Waals surface area contributed by atoms with Crippen molar-refractivity contribution >= 4 is 5.90 Å². The van der Waals surface area contributed by atoms with Crippen LogP contribution in [0.1, 0.15) is 19.3 Å². The van der Waals surface area contributed by atoms with Gasteiger partial charge in [0.05, 0.1) is 13.2 Å². The first kappa shape index (κ1) is 10.4. The van der Waals surface area contributed by atoms with E-state index in [9.17, 15) is 0 Å². The highest BCUT2D eigenvalue weighted by atomic mass is 16.5. The van der Waals surface area contributed by atoms with E-state index in [1.807, 2.05) is 0 Å². The number of nitrogens with two attached hydrogens (primary N) is 2. The Kier molecular flexibility index (Phi) is 5.78. The van der Waals surface area contributed by atoms with Gasteiger partial charge in [-0.25, -0.2) is 0 Å². The molecule has 0 amide bonds. The molecule has 0 saturated heterocycles. The van der Waals surface area contributed by atoms with Gasteiger partial charge in [-0.3, -0.25) is 5.41 Å². The van der Waals surface area contributed by atoms with Crippen molar-refractivity contribution in [1.82, 2.24) is 0 Å². The van der Waals surface area contributed by atoms with Crippen LogP contribution in [-0.4, -0.2) is 25.6 Å². The lowest BCUT2D eigenvalue weighted by atomic mass is 10.1. The highest BCUT2D eigenvalue weighted by molar-refractivity contribution is 5.78. The van der Waals surface area contributed by atoms with Crippen molar-refractivity contribution in [3.05, 3.63) is 0 Å². The van der Waals surface area contributed by atoms with Crippen molar-refractivity contribution in [2.24, 2.45) is 11.5 Å². The average Bonchev–Trinajstić information content (AvgIpc) is 2.03. The first-order valence-corrected chi connectivity index (χ1v) is 3.80. The van der Waals surface area contributed by atoms with Gasteiger partial charge in [-0.1, -0.05) is 6.42 Å². The molecular formula is C7H17N3O. The van der Waals surface area contributed by atoms with E-state index in [1.165, 1.54) is 7.11 Å². The molecule has 0 aliphatic heterocycles. The Hall–Kier alpha value is -0.610. The Labute approximate surface area is 67.4 Å². The van der Waals surface area contributed by atoms with Gasteiger partial charge in [-0.05, 0) is 19.4 Å². The molecule has 0 radical (unpaired) electrons. The van der Waals surface area contributed by atoms with Gasteiger partial charge in [0.1, 0.15) is 0 Å². The van der Waals surface area contributed by atoms with Gasteiger partial charge in [0, 0.05) is 0 Å². The van der Waals surface area contributed by atoms with Crippen LogP contribution in [0.25, 0.3) is 0 Å². The molecule has 0 spiro atoms. The molecule has 66 valence electrons. The molecule has 1 unspecified atom stereocenters. The molecule has 11 heavy (non-hydrogen) atoms. The summed E-state index contributed by atoms with van der Waals surface area (Å²) in [5.74, 6) is 0.155. The molecule has 0 rings (SSSR count). The second-order valence-corrected chi connectivity index (χ2v) is 2.46. The summed E-state index contributed by atoms with van der Waals surface area (Å²) in [6.45, 7) is 0.688. The van der Waals surface area contributed by atoms with Crippen molar-refractivity contribution in [3.8, 4) is 0 Å². The first-order valence-electron chi connectivity index (χ1n) is 3.80. The third kappa shape index (κ3) is 4.75. The van der Waals surface area contributed by atoms with Crippen LogP contribution in [0.15, 0.2) is 0 Å². The summed E-state index contributed by atoms with van der Waals surface area (Å²) < 4.78 is 4.67. The third-order valence-corrected chi connectivity index (χ3v) is 1.53. The topological polar surface area (TPSA) is 85.1 Å². The fourth-order valence-corrected chi connectivity index (χ4v) is 0.791. The smallest absolute Gasteiger partial charge is 0.197 e. The van der Waals surface area contributed by atoms with Crippen LogP contribution in [0.3, 0.4) is 0 Å². The Balaban J connectivity index is 3.36. The fraction of sp³-hybridized carbons (Fsp3) is 0.857. The van der Waals surface area contributed by atoms with E-state index >= 15 is 0 Å². The zero-order valence-electron chi connectivity index (χ0n) is 6.97. The molecule has 5 N–H and O–H groups in total. The summed E-state index contributed by atoms with van der Waals surface area (Å²) in [6, 6.07) is -0.258. The number of unbranched alkanes of at least 4 members (excludes halogenated alkanes) is 1. The van der Waals surface area contributed by atoms with Gasteiger partial charge in [-0.2, -0.15) is 0 Å². The van der Waals surface area contributed by atoms with Crippen molar-refractivity contribution in [3.63, 3.8) is 0 Å². The maximum absolute atomic E-state index is 7.20. The summed E-state index contributed by atoms with van der Waals surface area (Å²) in [7, 11) is 1.46. The quantitative estimate of drug-likeness (QED) is 0.301. The molecular weight excluding hydrogens is 142 g/mol. The van der Waals surface area contributed by atoms with E-state index < -0.39 is 0 Å². The van der Waals surface area contributed by atoms with E-state index in [0.29, 0.717) is 6.54 Å². The zero-order valence-corrected chi connectivity index (χ0v) is 6.97. The predicted molar refractivity (Wildman–Crippen MR) is 45.6 cm³/mol. The van der Waals surface area contributed by atoms with Gasteiger partial charge in [0.2, 0.25) is 0 Å². The van der Waals surface area contributed by atoms with Gasteiger partial charge in [0.15, 0.2) is 5.90 Å². The lowest BCUT2D eigenvalue weighted by molar-refractivity contribution is 0.372. The molecule has 0 aromatic carbocycles. The fourth-order valence-electron chi connectivity index (χ4n) is 0.791. The van der Waals surface area contributed by atoms with Gasteiger partial charge >= 0.3 is 0 Å². The molecule has 4 heteroatoms. The van der Waals surface area contributed by atoms with E-state index in [1.54, 1.807) is 0 Å². The molecule has 4 nitrogen and oxygen atoms in total. The van der Waals surface area contributed by atoms with Gasteiger partial charge in [-0.15, -0.1) is 0 Å². The Morgan fingerprint density at radius 2 is 2.18 bits per heavy atom. The van der Waals surface area contributed by atoms with Crippen molar-refractivity contribution in [1.29, 1.82) is 5.41 Å². The molecule has 0 aliphatic rings. The highest BCUT2D eigenvalue weighted by Crippen LogP contribution is 1.98. The minimum absolute atomic E-state index is 0.155. The molecule has 0 aliphatic carbocycles. The first-order chi connectivity index (χ1) is 5.22. The largest absolute Gasteiger partial charge is 0.483 e. The molecule has 0 saturated carbocycles. The molecule has 0 bridgehead atoms. The summed E-state index contributed by atoms with van der Waals surface area (Å²) in [4.78, 5) is 0. The summed E-state index contributed by atoms with van der Waals surface area (Å²) in [5, 5.41) is 7.20. The number of hydrogen-bond donors (Lipinski definition) is 3. The normalized spacial score (nSPS) is 12.6. The van der Waals surface area contributed by atoms with E-state index in [-0.39, 0.29) is 11.9 Å². The molecule has 1 atom stereocenters. The molecule has 0 aromatic rings. The summed E-state index contributed by atoms with van der Waals surface area (Å²) in [6.07, 6.45) is 2.71. The van der Waals surface area contributed by atoms with E-state index in [0.717, 1.165) is 19.3 Å². The monoisotopic (exact) mass is 159 g/mol. The zero-order chi connectivity index (χ0) is 8.69. The Morgan fingerprint density at radius 3 is 2.64 bits per heavy atom. The van der Waals surface area contributed by atoms with Crippen LogP contribution in [-0.2, 0) is 4.74 Å². The van der Waals surface area contributed by atoms with Crippen LogP contribution in [0.4, 0.5) is 0 Å². The van der Waals surface area contributed by atoms with Crippen LogP contribution < -0.4 is 11.5 Å². The highest BCUT2D eigenvalue weighted by Gasteiger charge is 2.07. The summed E-state index contributed by atoms with van der Waals surface area (Å²) in [5.41, 5.74) is 10.9. The minimum Gasteiger partial charge on any atom is -0.483 e. The lowest BCUT2D eigenvalue weighted by Gasteiger charge is -2.10. The number of ether oxygens (including phenoxy) is 1. The number of nitrogens with one attached hydrogen (secondary N) is 1. The standard InChI is InChI=1S/C7H17N3O/c1-11-7(10)6(9)4-2-3-5-8/h6,10H,2-5,8-9H2,1H3. The third-order valence-electron chi connectivity index (χ3n) is 1.53. The van der Waals surface area contributed by atoms with Gasteiger partial charge < -0.3 is 16.2 Å². The van der Waals surface area contributed by atoms with Crippen molar-refractivity contribution < 1.29 is 4.74 Å². The minimum atomic E-state index is -0.258. The second-order valence-electron chi connectivity index (χ2n) is 2.46. The Morgan fingerprint density at radius 1 is 1.55 bits per heavy atom. The lowest BCUT2D eigenvalue weighted by Crippen LogP contribution is -2.30. The van der Waals surface area contributed by atoms with Crippen LogP contribution in [0.2, 0.25) is 0 Å². The predicted octanol–water partition coefficient (Wildman–Crippen LogP) is 0.0664. The number of hydrogen-bond acceptors (Lipinski definition) is 4. The van der Waals surface area contributed by atoms with Crippen LogP contribution >= 0.6 is 0 Å². The van der Waals surface area contributed by atoms with E-state index in [2.05, 4.69) is 4.74 Å². The second kappa shape index (κ2) is 6.12. The molecule has 0 fully saturated rings. The maximum atomic E-state index is 7.20. The average molecular weight is 159 g/mol. The van der Waals surface area contributed by atoms with Crippen molar-refractivity contribution in [2.75, 3.05) is 13.7 Å². The van der Waals surface area contributed by atoms with Gasteiger partial charge in [0.25, 0.3) is 0 Å². The molecule has 0 aromatic heterocycles. The van der Waals surface area contributed by atoms with E-state index in [4.69, 9.17) is 16.9 Å². The van der Waals surface area contributed by atoms with Crippen LogP contribution in [0.5, 0.6) is 0 Å². The summed E-state index contributed by atoms with van der Waals surface area (Å²) >= 11 is 0. The Bertz CT molecular complexity index is 116. The molecule has 0 heterocycles. The number of methoxy groups -OCH3 is 1. The SMILES string of the molecule is COC(=N)C(N)CCCCN. The maximum Gasteiger partial charge on any atom is 0.197 e. The van der Waals surface area contributed by atoms with Crippen molar-refractivity contribution in [2.45, 2.75) is 25.3 Å². The number of rotatable bonds is 5.